The lowest BCUT2D eigenvalue weighted by molar-refractivity contribution is -0.137. The molecule has 4 aromatic heterocycles. The first-order valence-electron chi connectivity index (χ1n) is 28.0. The topological polar surface area (TPSA) is 332 Å². The van der Waals surface area contributed by atoms with Crippen LogP contribution in [-0.4, -0.2) is 95.2 Å². The molecule has 6 N–H and O–H groups in total. The number of ketones is 2. The molecule has 22 heteroatoms. The number of rotatable bonds is 15. The fraction of sp³-hybridized carbons (Fsp3) is 0.484. The average molecular weight is 1160 g/mol. The number of carbonyl (C=O) groups excluding carboxylic acids is 4. The minimum atomic E-state index is -0.992. The fourth-order valence-corrected chi connectivity index (χ4v) is 9.36. The molecular weight excluding hydrogens is 1080 g/mol. The molecule has 1 fully saturated rings. The number of carbonyl (C=O) groups is 6. The maximum atomic E-state index is 12.3. The third-order valence-electron chi connectivity index (χ3n) is 14.1. The number of ether oxygens (including phenoxy) is 3. The van der Waals surface area contributed by atoms with Gasteiger partial charge in [0.25, 0.3) is 0 Å². The summed E-state index contributed by atoms with van der Waals surface area (Å²) in [6.07, 6.45) is 16.2. The Morgan fingerprint density at radius 2 is 1.26 bits per heavy atom. The number of pyridine rings is 2. The van der Waals surface area contributed by atoms with Gasteiger partial charge in [0.1, 0.15) is 41.0 Å². The van der Waals surface area contributed by atoms with Crippen LogP contribution in [0.1, 0.15) is 162 Å². The average Bonchev–Trinajstić information content (AvgIpc) is 4.26. The van der Waals surface area contributed by atoms with Gasteiger partial charge in [0.05, 0.1) is 44.2 Å². The van der Waals surface area contributed by atoms with E-state index in [0.29, 0.717) is 76.4 Å². The predicted molar refractivity (Wildman–Crippen MR) is 309 cm³/mol. The fourth-order valence-electron chi connectivity index (χ4n) is 9.36. The van der Waals surface area contributed by atoms with Crippen LogP contribution in [0.15, 0.2) is 104 Å². The summed E-state index contributed by atoms with van der Waals surface area (Å²) in [6.45, 7) is 15.2. The molecule has 0 saturated heterocycles. The number of hydrogen-bond acceptors (Lipinski definition) is 19. The maximum Gasteiger partial charge on any atom is 0.335 e. The molecule has 452 valence electrons. The molecule has 0 spiro atoms. The zero-order valence-corrected chi connectivity index (χ0v) is 49.7. The van der Waals surface area contributed by atoms with E-state index in [4.69, 9.17) is 29.4 Å². The predicted octanol–water partition coefficient (Wildman–Crippen LogP) is 10.6. The van der Waals surface area contributed by atoms with E-state index in [2.05, 4.69) is 81.8 Å². The number of amides is 1. The van der Waals surface area contributed by atoms with Gasteiger partial charge in [-0.1, -0.05) is 69.6 Å². The molecule has 4 aliphatic carbocycles. The van der Waals surface area contributed by atoms with E-state index in [1.807, 2.05) is 31.2 Å². The van der Waals surface area contributed by atoms with Gasteiger partial charge in [0, 0.05) is 49.9 Å². The Bertz CT molecular complexity index is 3140. The molecule has 0 unspecified atom stereocenters. The maximum absolute atomic E-state index is 12.3. The second-order valence-corrected chi connectivity index (χ2v) is 23.4. The van der Waals surface area contributed by atoms with Crippen molar-refractivity contribution in [1.82, 2.24) is 35.6 Å². The number of aliphatic carboxylic acids is 2. The minimum Gasteiger partial charge on any atom is -0.506 e. The number of allylic oxidation sites excluding steroid dienone is 4. The van der Waals surface area contributed by atoms with Crippen molar-refractivity contribution in [3.63, 3.8) is 0 Å². The van der Waals surface area contributed by atoms with Crippen molar-refractivity contribution in [2.75, 3.05) is 14.2 Å². The number of nitrogens with zero attached hydrogens (tertiary/aromatic N) is 6. The van der Waals surface area contributed by atoms with Crippen molar-refractivity contribution in [1.29, 1.82) is 0 Å². The molecule has 1 aromatic carbocycles. The minimum absolute atomic E-state index is 0.0325. The summed E-state index contributed by atoms with van der Waals surface area (Å²) < 4.78 is 25.6. The first-order chi connectivity index (χ1) is 39.7. The number of Topliss-reactive ketones (excluding diaryl/α,β-unsaturated/α-hetero) is 1. The zero-order chi connectivity index (χ0) is 61.6. The molecule has 0 radical (unpaired) electrons. The molecule has 0 bridgehead atoms. The second-order valence-electron chi connectivity index (χ2n) is 23.4. The highest BCUT2D eigenvalue weighted by atomic mass is 16.5. The number of nitrogens with one attached hydrogen (secondary N) is 1. The van der Waals surface area contributed by atoms with Crippen LogP contribution in [0.4, 0.5) is 0 Å². The number of aromatic nitrogens is 6. The van der Waals surface area contributed by atoms with Gasteiger partial charge in [-0.25, -0.2) is 19.6 Å². The Kier molecular flexibility index (Phi) is 24.6. The molecule has 84 heavy (non-hydrogen) atoms. The highest BCUT2D eigenvalue weighted by Gasteiger charge is 2.32. The normalized spacial score (nSPS) is 16.7. The van der Waals surface area contributed by atoms with Crippen LogP contribution in [0.5, 0.6) is 17.2 Å². The van der Waals surface area contributed by atoms with Crippen molar-refractivity contribution >= 4 is 35.4 Å². The van der Waals surface area contributed by atoms with Crippen LogP contribution in [0.25, 0.3) is 23.0 Å². The van der Waals surface area contributed by atoms with Gasteiger partial charge in [-0.3, -0.25) is 19.2 Å². The number of nitrogens with two attached hydrogens (primary N) is 1. The molecule has 22 nitrogen and oxygen atoms in total. The van der Waals surface area contributed by atoms with Gasteiger partial charge in [-0.15, -0.1) is 0 Å². The highest BCUT2D eigenvalue weighted by molar-refractivity contribution is 5.91. The molecule has 4 aliphatic rings. The Hall–Kier alpha value is -8.56. The third-order valence-corrected chi connectivity index (χ3v) is 14.1. The van der Waals surface area contributed by atoms with Crippen molar-refractivity contribution in [2.24, 2.45) is 22.0 Å². The molecule has 1 amide bonds. The van der Waals surface area contributed by atoms with E-state index < -0.39 is 11.9 Å². The van der Waals surface area contributed by atoms with E-state index in [-0.39, 0.29) is 77.3 Å². The Balaban J connectivity index is 0.000000209. The van der Waals surface area contributed by atoms with Gasteiger partial charge >= 0.3 is 17.9 Å². The number of esters is 1. The molecule has 4 heterocycles. The largest absolute Gasteiger partial charge is 0.506 e. The number of benzene rings is 1. The van der Waals surface area contributed by atoms with Crippen molar-refractivity contribution in [2.45, 2.75) is 164 Å². The van der Waals surface area contributed by atoms with E-state index in [9.17, 15) is 39.0 Å². The Morgan fingerprint density at radius 1 is 0.679 bits per heavy atom. The van der Waals surface area contributed by atoms with Crippen LogP contribution in [-0.2, 0) is 53.0 Å². The molecule has 5 aromatic rings. The summed E-state index contributed by atoms with van der Waals surface area (Å²) >= 11 is 0. The smallest absolute Gasteiger partial charge is 0.335 e. The van der Waals surface area contributed by atoms with Gasteiger partial charge in [0.15, 0.2) is 5.78 Å². The molecule has 1 saturated carbocycles. The summed E-state index contributed by atoms with van der Waals surface area (Å²) in [5.74, 6) is 0.830. The van der Waals surface area contributed by atoms with Crippen molar-refractivity contribution in [3.8, 4) is 40.3 Å². The first kappa shape index (κ1) is 66.2. The van der Waals surface area contributed by atoms with Crippen LogP contribution < -0.4 is 20.5 Å². The number of carboxylic acids is 2. The van der Waals surface area contributed by atoms with Gasteiger partial charge < -0.3 is 49.6 Å². The van der Waals surface area contributed by atoms with Crippen LogP contribution in [0.2, 0.25) is 0 Å². The third kappa shape index (κ3) is 22.6. The summed E-state index contributed by atoms with van der Waals surface area (Å²) in [5.41, 5.74) is 11.6. The second kappa shape index (κ2) is 31.2. The van der Waals surface area contributed by atoms with E-state index in [1.54, 1.807) is 37.6 Å². The van der Waals surface area contributed by atoms with E-state index in [1.165, 1.54) is 31.4 Å². The number of aryl methyl sites for hydroxylation is 2. The lowest BCUT2D eigenvalue weighted by Gasteiger charge is -2.32. The Morgan fingerprint density at radius 3 is 1.75 bits per heavy atom. The Labute approximate surface area is 489 Å². The molecule has 0 atom stereocenters. The number of aromatic hydroxyl groups is 1. The summed E-state index contributed by atoms with van der Waals surface area (Å²) in [5, 5.41) is 37.7. The highest BCUT2D eigenvalue weighted by Crippen LogP contribution is 2.39. The van der Waals surface area contributed by atoms with Gasteiger partial charge in [-0.05, 0) is 135 Å². The standard InChI is InChI=1S/C19H22N4O5.C18H17N3O5.C10H17NO2.C8H14O.C7H10O/c1-19(2)8-7-12(18(26)27)14(9-19)21-15(25)5-6-16-22-17(23-28-16)13-4-3-11(24)10-20-13;1-24-13-4-2-12(3-5-13)11-25-14-6-7-15(19-10-14)18-20-16(26-21-18)8-9-17(22)23;1-10(2)5-4-7(8(11)6-10)9(12)13-3;1-8(2)5-3-4-7(9)6-8;1-6-3-2-4-7(8)5-6/h3-4,10,24H,5-9H2,1-2H3,(H,21,25)(H,26,27);2-7,10H,8-9,11H2,1H3,(H,22,23);4-6,11H2,1-3H3;3-6H2,1-2H3;5H,2-4H2,1H3. The van der Waals surface area contributed by atoms with Crippen LogP contribution in [0.3, 0.4) is 0 Å². The molecule has 9 rings (SSSR count). The number of hydrogen-bond donors (Lipinski definition) is 5. The zero-order valence-electron chi connectivity index (χ0n) is 49.7. The van der Waals surface area contributed by atoms with Gasteiger partial charge in [0.2, 0.25) is 29.3 Å². The number of methoxy groups -OCH3 is 2. The van der Waals surface area contributed by atoms with Gasteiger partial charge in [-0.2, -0.15) is 9.97 Å². The molecule has 0 aliphatic heterocycles. The summed E-state index contributed by atoms with van der Waals surface area (Å²) in [7, 11) is 3.01. The van der Waals surface area contributed by atoms with Crippen molar-refractivity contribution in [3.05, 3.63) is 112 Å². The van der Waals surface area contributed by atoms with E-state index in [0.717, 1.165) is 75.5 Å². The summed E-state index contributed by atoms with van der Waals surface area (Å²) in [6, 6.07) is 14.1. The molecular formula is C62H80N8O14. The lowest BCUT2D eigenvalue weighted by Crippen LogP contribution is -2.32. The first-order valence-corrected chi connectivity index (χ1v) is 28.0. The monoisotopic (exact) mass is 1160 g/mol. The summed E-state index contributed by atoms with van der Waals surface area (Å²) in [4.78, 5) is 83.6. The van der Waals surface area contributed by atoms with E-state index >= 15 is 0 Å². The lowest BCUT2D eigenvalue weighted by atomic mass is 9.76. The van der Waals surface area contributed by atoms with Crippen molar-refractivity contribution < 1.29 is 67.3 Å². The quantitative estimate of drug-likeness (QED) is 0.0608. The van der Waals surface area contributed by atoms with Crippen LogP contribution in [0, 0.1) is 16.2 Å². The number of carboxylic acid groups (broad SMARTS) is 2. The van der Waals surface area contributed by atoms with Crippen LogP contribution >= 0.6 is 0 Å². The SMILES string of the molecule is CC1(C)CCC(C(=O)O)=C(NC(=O)CCc2nc(-c3ccc(O)cn3)no2)C1.CC1(C)CCCC(=O)C1.CC1=CC(=O)CCC1.COC(=O)C1=C(N)CC(C)(C)CC1.COc1ccc(COc2ccc(-c3noc(CCC(=O)O)n3)nc2)cc1.